The summed E-state index contributed by atoms with van der Waals surface area (Å²) >= 11 is 3.48. The first-order chi connectivity index (χ1) is 12.9. The standard InChI is InChI=1S/C19H23BrN4O3/c1-4-9-27-10-8-15-21-17-16(18(25)23(3)19(26)22(17)2)24(15)12-13-6-5-7-14(20)11-13/h5-7,11H,4,8-10,12H2,1-3H3. The maximum Gasteiger partial charge on any atom is 0.332 e. The zero-order chi connectivity index (χ0) is 19.6. The van der Waals surface area contributed by atoms with Gasteiger partial charge in [0.2, 0.25) is 0 Å². The normalized spacial score (nSPS) is 11.4. The lowest BCUT2D eigenvalue weighted by Crippen LogP contribution is -2.37. The molecule has 0 amide bonds. The lowest BCUT2D eigenvalue weighted by atomic mass is 10.2. The molecule has 3 aromatic rings. The molecule has 27 heavy (non-hydrogen) atoms. The Morgan fingerprint density at radius 2 is 1.93 bits per heavy atom. The summed E-state index contributed by atoms with van der Waals surface area (Å²) < 4.78 is 11.0. The minimum atomic E-state index is -0.381. The average Bonchev–Trinajstić information content (AvgIpc) is 3.00. The highest BCUT2D eigenvalue weighted by atomic mass is 79.9. The van der Waals surface area contributed by atoms with Gasteiger partial charge in [0, 0.05) is 38.1 Å². The molecule has 0 aliphatic carbocycles. The van der Waals surface area contributed by atoms with Crippen molar-refractivity contribution in [3.63, 3.8) is 0 Å². The van der Waals surface area contributed by atoms with Crippen LogP contribution in [-0.2, 0) is 31.8 Å². The van der Waals surface area contributed by atoms with E-state index in [0.717, 1.165) is 26.8 Å². The molecule has 3 rings (SSSR count). The highest BCUT2D eigenvalue weighted by molar-refractivity contribution is 9.10. The van der Waals surface area contributed by atoms with Crippen LogP contribution in [0.15, 0.2) is 38.3 Å². The number of benzene rings is 1. The fourth-order valence-corrected chi connectivity index (χ4v) is 3.53. The van der Waals surface area contributed by atoms with Gasteiger partial charge in [0.1, 0.15) is 5.82 Å². The Kier molecular flexibility index (Phi) is 5.96. The van der Waals surface area contributed by atoms with Gasteiger partial charge < -0.3 is 9.30 Å². The summed E-state index contributed by atoms with van der Waals surface area (Å²) in [6, 6.07) is 7.92. The van der Waals surface area contributed by atoms with E-state index in [-0.39, 0.29) is 11.2 Å². The van der Waals surface area contributed by atoms with Gasteiger partial charge in [0.15, 0.2) is 11.2 Å². The first-order valence-corrected chi connectivity index (χ1v) is 9.70. The van der Waals surface area contributed by atoms with Gasteiger partial charge >= 0.3 is 5.69 Å². The molecule has 7 nitrogen and oxygen atoms in total. The first kappa shape index (κ1) is 19.6. The Balaban J connectivity index is 2.14. The van der Waals surface area contributed by atoms with Gasteiger partial charge in [0.05, 0.1) is 6.61 Å². The van der Waals surface area contributed by atoms with Gasteiger partial charge in [-0.1, -0.05) is 35.0 Å². The highest BCUT2D eigenvalue weighted by Crippen LogP contribution is 2.17. The number of hydrogen-bond donors (Lipinski definition) is 0. The quantitative estimate of drug-likeness (QED) is 0.534. The Morgan fingerprint density at radius 1 is 1.15 bits per heavy atom. The van der Waals surface area contributed by atoms with Gasteiger partial charge in [-0.25, -0.2) is 9.78 Å². The van der Waals surface area contributed by atoms with Gasteiger partial charge in [0.25, 0.3) is 5.56 Å². The van der Waals surface area contributed by atoms with Crippen LogP contribution >= 0.6 is 15.9 Å². The Hall–Kier alpha value is -2.19. The maximum absolute atomic E-state index is 12.8. The van der Waals surface area contributed by atoms with Crippen LogP contribution in [-0.4, -0.2) is 31.9 Å². The molecule has 0 aliphatic rings. The second-order valence-electron chi connectivity index (χ2n) is 6.48. The molecule has 0 spiro atoms. The summed E-state index contributed by atoms with van der Waals surface area (Å²) in [4.78, 5) is 29.7. The zero-order valence-electron chi connectivity index (χ0n) is 15.7. The molecule has 2 aromatic heterocycles. The number of aryl methyl sites for hydroxylation is 1. The first-order valence-electron chi connectivity index (χ1n) is 8.91. The Bertz CT molecular complexity index is 1080. The summed E-state index contributed by atoms with van der Waals surface area (Å²) in [7, 11) is 3.13. The lowest BCUT2D eigenvalue weighted by molar-refractivity contribution is 0.136. The zero-order valence-corrected chi connectivity index (χ0v) is 17.3. The van der Waals surface area contributed by atoms with E-state index in [4.69, 9.17) is 4.74 Å². The number of nitrogens with zero attached hydrogens (tertiary/aromatic N) is 4. The molecule has 2 heterocycles. The molecule has 0 radical (unpaired) electrons. The number of aromatic nitrogens is 4. The monoisotopic (exact) mass is 434 g/mol. The van der Waals surface area contributed by atoms with Crippen LogP contribution < -0.4 is 11.2 Å². The number of halogens is 1. The minimum Gasteiger partial charge on any atom is -0.381 e. The van der Waals surface area contributed by atoms with Crippen LogP contribution in [0, 0.1) is 0 Å². The van der Waals surface area contributed by atoms with Crippen molar-refractivity contribution in [2.75, 3.05) is 13.2 Å². The topological polar surface area (TPSA) is 71.1 Å². The van der Waals surface area contributed by atoms with Gasteiger partial charge in [-0.3, -0.25) is 13.9 Å². The average molecular weight is 435 g/mol. The predicted octanol–water partition coefficient (Wildman–Crippen LogP) is 2.21. The summed E-state index contributed by atoms with van der Waals surface area (Å²) in [6.45, 7) is 3.75. The van der Waals surface area contributed by atoms with Crippen molar-refractivity contribution >= 4 is 27.1 Å². The predicted molar refractivity (Wildman–Crippen MR) is 108 cm³/mol. The smallest absolute Gasteiger partial charge is 0.332 e. The second kappa shape index (κ2) is 8.22. The minimum absolute atomic E-state index is 0.337. The van der Waals surface area contributed by atoms with Crippen molar-refractivity contribution in [2.24, 2.45) is 14.1 Å². The molecule has 0 unspecified atom stereocenters. The molecule has 144 valence electrons. The van der Waals surface area contributed by atoms with Crippen molar-refractivity contribution < 1.29 is 4.74 Å². The van der Waals surface area contributed by atoms with Crippen LogP contribution in [0.4, 0.5) is 0 Å². The van der Waals surface area contributed by atoms with E-state index >= 15 is 0 Å². The summed E-state index contributed by atoms with van der Waals surface area (Å²) in [5.74, 6) is 0.736. The number of fused-ring (bicyclic) bond motifs is 1. The number of ether oxygens (including phenoxy) is 1. The summed E-state index contributed by atoms with van der Waals surface area (Å²) in [5, 5.41) is 0. The summed E-state index contributed by atoms with van der Waals surface area (Å²) in [5.41, 5.74) is 1.16. The van der Waals surface area contributed by atoms with Crippen LogP contribution in [0.2, 0.25) is 0 Å². The molecular weight excluding hydrogens is 412 g/mol. The third kappa shape index (κ3) is 3.91. The second-order valence-corrected chi connectivity index (χ2v) is 7.40. The number of hydrogen-bond acceptors (Lipinski definition) is 4. The van der Waals surface area contributed by atoms with E-state index in [2.05, 4.69) is 27.8 Å². The molecule has 0 saturated carbocycles. The third-order valence-electron chi connectivity index (χ3n) is 4.48. The van der Waals surface area contributed by atoms with Crippen LogP contribution in [0.25, 0.3) is 11.2 Å². The van der Waals surface area contributed by atoms with Gasteiger partial charge in [-0.05, 0) is 24.1 Å². The Morgan fingerprint density at radius 3 is 2.63 bits per heavy atom. The fraction of sp³-hybridized carbons (Fsp3) is 0.421. The molecule has 0 saturated heterocycles. The molecule has 0 atom stereocenters. The van der Waals surface area contributed by atoms with Crippen LogP contribution in [0.5, 0.6) is 0 Å². The number of imidazole rings is 1. The van der Waals surface area contributed by atoms with Crippen LogP contribution in [0.3, 0.4) is 0 Å². The molecule has 0 aliphatic heterocycles. The molecular formula is C19H23BrN4O3. The van der Waals surface area contributed by atoms with E-state index < -0.39 is 0 Å². The van der Waals surface area contributed by atoms with Gasteiger partial charge in [-0.15, -0.1) is 0 Å². The lowest BCUT2D eigenvalue weighted by Gasteiger charge is -2.10. The molecule has 0 bridgehead atoms. The fourth-order valence-electron chi connectivity index (χ4n) is 3.08. The van der Waals surface area contributed by atoms with E-state index in [1.807, 2.05) is 28.8 Å². The van der Waals surface area contributed by atoms with Gasteiger partial charge in [-0.2, -0.15) is 0 Å². The van der Waals surface area contributed by atoms with Crippen molar-refractivity contribution in [2.45, 2.75) is 26.3 Å². The molecule has 0 fully saturated rings. The van der Waals surface area contributed by atoms with Crippen molar-refractivity contribution in [3.05, 3.63) is 61.0 Å². The Labute approximate surface area is 165 Å². The van der Waals surface area contributed by atoms with Crippen molar-refractivity contribution in [1.82, 2.24) is 18.7 Å². The number of rotatable bonds is 7. The van der Waals surface area contributed by atoms with E-state index in [0.29, 0.717) is 37.3 Å². The van der Waals surface area contributed by atoms with Crippen molar-refractivity contribution in [1.29, 1.82) is 0 Å². The van der Waals surface area contributed by atoms with E-state index in [9.17, 15) is 9.59 Å². The SMILES string of the molecule is CCCOCCc1nc2c(c(=O)n(C)c(=O)n2C)n1Cc1cccc(Br)c1. The highest BCUT2D eigenvalue weighted by Gasteiger charge is 2.19. The van der Waals surface area contributed by atoms with Crippen molar-refractivity contribution in [3.8, 4) is 0 Å². The van der Waals surface area contributed by atoms with E-state index in [1.54, 1.807) is 7.05 Å². The molecule has 1 aromatic carbocycles. The maximum atomic E-state index is 12.8. The van der Waals surface area contributed by atoms with E-state index in [1.165, 1.54) is 11.6 Å². The summed E-state index contributed by atoms with van der Waals surface area (Å²) in [6.07, 6.45) is 1.52. The van der Waals surface area contributed by atoms with Crippen LogP contribution in [0.1, 0.15) is 24.7 Å². The molecule has 0 N–H and O–H groups in total. The largest absolute Gasteiger partial charge is 0.381 e. The third-order valence-corrected chi connectivity index (χ3v) is 4.97. The molecule has 8 heteroatoms.